The number of aromatic nitrogens is 2. The summed E-state index contributed by atoms with van der Waals surface area (Å²) in [6.07, 6.45) is 4.81. The SMILES string of the molecule is CC(C)c1cc(C#Cc2ccnc(-c3ncco3)c2)c(Cl)s1. The van der Waals surface area contributed by atoms with Crippen molar-refractivity contribution in [3.63, 3.8) is 0 Å². The molecule has 0 fully saturated rings. The molecule has 22 heavy (non-hydrogen) atoms. The maximum absolute atomic E-state index is 6.25. The molecule has 110 valence electrons. The van der Waals surface area contributed by atoms with Gasteiger partial charge < -0.3 is 4.42 Å². The van der Waals surface area contributed by atoms with E-state index in [0.29, 0.717) is 17.5 Å². The highest BCUT2D eigenvalue weighted by Crippen LogP contribution is 2.31. The van der Waals surface area contributed by atoms with Crippen LogP contribution in [-0.2, 0) is 0 Å². The fourth-order valence-electron chi connectivity index (χ4n) is 1.87. The van der Waals surface area contributed by atoms with Crippen molar-refractivity contribution in [1.29, 1.82) is 0 Å². The van der Waals surface area contributed by atoms with Crippen LogP contribution in [-0.4, -0.2) is 9.97 Å². The van der Waals surface area contributed by atoms with E-state index in [-0.39, 0.29) is 0 Å². The lowest BCUT2D eigenvalue weighted by Gasteiger charge is -1.96. The molecule has 0 bridgehead atoms. The number of rotatable bonds is 2. The predicted octanol–water partition coefficient (Wildman–Crippen LogP) is 4.97. The molecule has 0 spiro atoms. The van der Waals surface area contributed by atoms with E-state index >= 15 is 0 Å². The maximum Gasteiger partial charge on any atom is 0.245 e. The minimum absolute atomic E-state index is 0.454. The van der Waals surface area contributed by atoms with Crippen LogP contribution in [0.4, 0.5) is 0 Å². The molecule has 3 rings (SSSR count). The first-order chi connectivity index (χ1) is 10.6. The van der Waals surface area contributed by atoms with Gasteiger partial charge in [0.05, 0.1) is 11.8 Å². The van der Waals surface area contributed by atoms with Gasteiger partial charge in [-0.15, -0.1) is 11.3 Å². The Hall–Kier alpha value is -2.09. The Kier molecular flexibility index (Phi) is 4.28. The van der Waals surface area contributed by atoms with E-state index in [2.05, 4.69) is 41.7 Å². The quantitative estimate of drug-likeness (QED) is 0.623. The van der Waals surface area contributed by atoms with E-state index in [1.807, 2.05) is 12.1 Å². The second-order valence-electron chi connectivity index (χ2n) is 5.01. The molecule has 0 atom stereocenters. The molecule has 0 aliphatic carbocycles. The van der Waals surface area contributed by atoms with Crippen LogP contribution >= 0.6 is 22.9 Å². The van der Waals surface area contributed by atoms with E-state index in [9.17, 15) is 0 Å². The molecule has 3 nitrogen and oxygen atoms in total. The minimum atomic E-state index is 0.454. The Balaban J connectivity index is 1.90. The number of halogens is 1. The fourth-order valence-corrected chi connectivity index (χ4v) is 3.08. The van der Waals surface area contributed by atoms with Crippen molar-refractivity contribution in [2.45, 2.75) is 19.8 Å². The van der Waals surface area contributed by atoms with Crippen molar-refractivity contribution in [1.82, 2.24) is 9.97 Å². The zero-order valence-corrected chi connectivity index (χ0v) is 13.7. The van der Waals surface area contributed by atoms with E-state index < -0.39 is 0 Å². The topological polar surface area (TPSA) is 38.9 Å². The number of oxazole rings is 1. The van der Waals surface area contributed by atoms with Gasteiger partial charge in [-0.3, -0.25) is 4.98 Å². The molecule has 3 aromatic rings. The number of nitrogens with zero attached hydrogens (tertiary/aromatic N) is 2. The maximum atomic E-state index is 6.25. The molecule has 0 aliphatic heterocycles. The summed E-state index contributed by atoms with van der Waals surface area (Å²) in [5, 5.41) is 0. The summed E-state index contributed by atoms with van der Waals surface area (Å²) in [6, 6.07) is 5.76. The highest BCUT2D eigenvalue weighted by Gasteiger charge is 2.08. The van der Waals surface area contributed by atoms with Gasteiger partial charge in [0, 0.05) is 16.6 Å². The fraction of sp³-hybridized carbons (Fsp3) is 0.176. The molecular formula is C17H13ClN2OS. The zero-order chi connectivity index (χ0) is 15.5. The Labute approximate surface area is 138 Å². The summed E-state index contributed by atoms with van der Waals surface area (Å²) in [5.41, 5.74) is 2.37. The van der Waals surface area contributed by atoms with E-state index in [1.54, 1.807) is 23.7 Å². The highest BCUT2D eigenvalue weighted by molar-refractivity contribution is 7.16. The van der Waals surface area contributed by atoms with Crippen molar-refractivity contribution in [3.8, 4) is 23.4 Å². The van der Waals surface area contributed by atoms with Gasteiger partial charge in [-0.25, -0.2) is 4.98 Å². The summed E-state index contributed by atoms with van der Waals surface area (Å²) in [7, 11) is 0. The lowest BCUT2D eigenvalue weighted by molar-refractivity contribution is 0.572. The molecule has 0 unspecified atom stereocenters. The summed E-state index contributed by atoms with van der Waals surface area (Å²) < 4.78 is 5.98. The van der Waals surface area contributed by atoms with E-state index in [1.165, 1.54) is 11.1 Å². The summed E-state index contributed by atoms with van der Waals surface area (Å²) >= 11 is 7.83. The van der Waals surface area contributed by atoms with Crippen molar-refractivity contribution in [2.24, 2.45) is 0 Å². The van der Waals surface area contributed by atoms with Gasteiger partial charge in [-0.2, -0.15) is 0 Å². The summed E-state index contributed by atoms with van der Waals surface area (Å²) in [4.78, 5) is 9.56. The smallest absolute Gasteiger partial charge is 0.245 e. The molecule has 0 saturated heterocycles. The van der Waals surface area contributed by atoms with Crippen LogP contribution in [0, 0.1) is 11.8 Å². The van der Waals surface area contributed by atoms with Gasteiger partial charge in [0.25, 0.3) is 0 Å². The number of hydrogen-bond acceptors (Lipinski definition) is 4. The molecule has 0 amide bonds. The summed E-state index contributed by atoms with van der Waals surface area (Å²) in [5.74, 6) is 7.19. The Morgan fingerprint density at radius 2 is 2.05 bits per heavy atom. The van der Waals surface area contributed by atoms with Gasteiger partial charge in [-0.1, -0.05) is 37.3 Å². The highest BCUT2D eigenvalue weighted by atomic mass is 35.5. The first kappa shape index (κ1) is 14.8. The lowest BCUT2D eigenvalue weighted by atomic mass is 10.1. The zero-order valence-electron chi connectivity index (χ0n) is 12.1. The lowest BCUT2D eigenvalue weighted by Crippen LogP contribution is -1.84. The van der Waals surface area contributed by atoms with Crippen LogP contribution in [0.3, 0.4) is 0 Å². The third-order valence-electron chi connectivity index (χ3n) is 3.03. The average Bonchev–Trinajstić information content (AvgIpc) is 3.15. The van der Waals surface area contributed by atoms with Crippen LogP contribution in [0.15, 0.2) is 41.3 Å². The first-order valence-corrected chi connectivity index (χ1v) is 8.00. The molecular weight excluding hydrogens is 316 g/mol. The number of thiophene rings is 1. The Morgan fingerprint density at radius 3 is 2.73 bits per heavy atom. The van der Waals surface area contributed by atoms with Gasteiger partial charge in [0.2, 0.25) is 5.89 Å². The second-order valence-corrected chi connectivity index (χ2v) is 6.69. The van der Waals surface area contributed by atoms with Crippen LogP contribution in [0.1, 0.15) is 35.8 Å². The number of pyridine rings is 1. The third-order valence-corrected chi connectivity index (χ3v) is 4.69. The average molecular weight is 329 g/mol. The number of hydrogen-bond donors (Lipinski definition) is 0. The van der Waals surface area contributed by atoms with Crippen LogP contribution < -0.4 is 0 Å². The standard InChI is InChI=1S/C17H13ClN2OS/c1-11(2)15-10-13(16(18)22-15)4-3-12-5-6-19-14(9-12)17-20-7-8-21-17/h5-11H,1-2H3. The van der Waals surface area contributed by atoms with Crippen molar-refractivity contribution in [2.75, 3.05) is 0 Å². The first-order valence-electron chi connectivity index (χ1n) is 6.80. The van der Waals surface area contributed by atoms with Crippen molar-refractivity contribution in [3.05, 3.63) is 57.2 Å². The summed E-state index contributed by atoms with van der Waals surface area (Å²) in [6.45, 7) is 4.29. The molecule has 3 aromatic heterocycles. The van der Waals surface area contributed by atoms with Crippen LogP contribution in [0.5, 0.6) is 0 Å². The van der Waals surface area contributed by atoms with Gasteiger partial charge >= 0.3 is 0 Å². The predicted molar refractivity (Wildman–Crippen MR) is 89.1 cm³/mol. The van der Waals surface area contributed by atoms with E-state index in [0.717, 1.165) is 15.5 Å². The molecule has 0 aromatic carbocycles. The monoisotopic (exact) mass is 328 g/mol. The molecule has 0 radical (unpaired) electrons. The Morgan fingerprint density at radius 1 is 1.18 bits per heavy atom. The van der Waals surface area contributed by atoms with E-state index in [4.69, 9.17) is 16.0 Å². The Bertz CT molecular complexity index is 841. The second kappa shape index (κ2) is 6.35. The normalized spacial score (nSPS) is 10.5. The molecule has 0 N–H and O–H groups in total. The largest absolute Gasteiger partial charge is 0.443 e. The van der Waals surface area contributed by atoms with Crippen LogP contribution in [0.25, 0.3) is 11.6 Å². The van der Waals surface area contributed by atoms with Crippen LogP contribution in [0.2, 0.25) is 4.34 Å². The van der Waals surface area contributed by atoms with Crippen molar-refractivity contribution < 1.29 is 4.42 Å². The van der Waals surface area contributed by atoms with Gasteiger partial charge in [-0.05, 0) is 24.1 Å². The van der Waals surface area contributed by atoms with Crippen molar-refractivity contribution >= 4 is 22.9 Å². The molecule has 3 heterocycles. The molecule has 5 heteroatoms. The molecule has 0 saturated carbocycles. The minimum Gasteiger partial charge on any atom is -0.443 e. The van der Waals surface area contributed by atoms with Gasteiger partial charge in [0.15, 0.2) is 0 Å². The third kappa shape index (κ3) is 3.22. The van der Waals surface area contributed by atoms with Gasteiger partial charge in [0.1, 0.15) is 16.3 Å². The molecule has 0 aliphatic rings.